The summed E-state index contributed by atoms with van der Waals surface area (Å²) in [5.74, 6) is 0.539. The number of hydrogen-bond donors (Lipinski definition) is 0. The first-order valence-corrected chi connectivity index (χ1v) is 13.0. The van der Waals surface area contributed by atoms with Crippen LogP contribution in [0.1, 0.15) is 86.3 Å². The Bertz CT molecular complexity index is 1120. The van der Waals surface area contributed by atoms with E-state index in [0.717, 1.165) is 36.0 Å². The molecule has 0 N–H and O–H groups in total. The average molecular weight is 468 g/mol. The molecule has 0 aliphatic heterocycles. The topological polar surface area (TPSA) is 50.1 Å². The smallest absolute Gasteiger partial charge is 0.343 e. The molecule has 1 atom stereocenters. The molecule has 182 valence electrons. The Balaban J connectivity index is 1.61. The second kappa shape index (κ2) is 13.5. The molecule has 0 bridgehead atoms. The Hall–Kier alpha value is -3.38. The maximum absolute atomic E-state index is 12.7. The Labute approximate surface area is 210 Å². The van der Waals surface area contributed by atoms with E-state index in [0.29, 0.717) is 22.8 Å². The van der Waals surface area contributed by atoms with Crippen molar-refractivity contribution in [1.29, 1.82) is 5.26 Å². The van der Waals surface area contributed by atoms with Crippen LogP contribution >= 0.6 is 0 Å². The van der Waals surface area contributed by atoms with Gasteiger partial charge in [0.2, 0.25) is 0 Å². The summed E-state index contributed by atoms with van der Waals surface area (Å²) in [5, 5.41) is 9.57. The summed E-state index contributed by atoms with van der Waals surface area (Å²) in [4.78, 5) is 12.7. The van der Waals surface area contributed by atoms with E-state index in [-0.39, 0.29) is 0 Å². The number of carbonyl (C=O) groups excluding carboxylic acids is 1. The highest BCUT2D eigenvalue weighted by molar-refractivity contribution is 5.92. The molecular formula is C32H37NO2. The van der Waals surface area contributed by atoms with Gasteiger partial charge in [-0.1, -0.05) is 95.3 Å². The zero-order valence-electron chi connectivity index (χ0n) is 21.3. The maximum Gasteiger partial charge on any atom is 0.343 e. The van der Waals surface area contributed by atoms with Gasteiger partial charge in [-0.15, -0.1) is 0 Å². The van der Waals surface area contributed by atoms with Crippen LogP contribution in [-0.2, 0) is 12.8 Å². The molecule has 3 heteroatoms. The van der Waals surface area contributed by atoms with E-state index in [1.54, 1.807) is 18.2 Å². The molecule has 0 aliphatic rings. The third-order valence-electron chi connectivity index (χ3n) is 6.63. The number of ether oxygens (including phenoxy) is 1. The molecular weight excluding hydrogens is 430 g/mol. The lowest BCUT2D eigenvalue weighted by molar-refractivity contribution is 0.0734. The highest BCUT2D eigenvalue weighted by Crippen LogP contribution is 2.24. The molecule has 3 aromatic carbocycles. The Morgan fingerprint density at radius 3 is 2.11 bits per heavy atom. The van der Waals surface area contributed by atoms with Crippen LogP contribution in [0.25, 0.3) is 11.1 Å². The largest absolute Gasteiger partial charge is 0.422 e. The first-order chi connectivity index (χ1) is 17.0. The van der Waals surface area contributed by atoms with Crippen LogP contribution < -0.4 is 4.74 Å². The minimum atomic E-state index is -0.454. The quantitative estimate of drug-likeness (QED) is 0.152. The summed E-state index contributed by atoms with van der Waals surface area (Å²) in [6, 6.07) is 23.8. The molecule has 1 unspecified atom stereocenters. The number of rotatable bonds is 12. The van der Waals surface area contributed by atoms with E-state index >= 15 is 0 Å². The van der Waals surface area contributed by atoms with Crippen molar-refractivity contribution in [2.24, 2.45) is 5.92 Å². The second-order valence-corrected chi connectivity index (χ2v) is 9.49. The molecule has 3 rings (SSSR count). The van der Waals surface area contributed by atoms with Crippen molar-refractivity contribution in [2.45, 2.75) is 72.1 Å². The number of unbranched alkanes of at least 4 members (excludes halogenated alkanes) is 4. The van der Waals surface area contributed by atoms with Crippen molar-refractivity contribution < 1.29 is 9.53 Å². The van der Waals surface area contributed by atoms with Crippen molar-refractivity contribution in [2.75, 3.05) is 0 Å². The number of benzene rings is 3. The third kappa shape index (κ3) is 7.82. The van der Waals surface area contributed by atoms with Crippen LogP contribution in [0.15, 0.2) is 66.7 Å². The fourth-order valence-electron chi connectivity index (χ4n) is 4.18. The Morgan fingerprint density at radius 1 is 0.857 bits per heavy atom. The minimum Gasteiger partial charge on any atom is -0.422 e. The molecule has 0 aliphatic carbocycles. The van der Waals surface area contributed by atoms with E-state index in [9.17, 15) is 10.1 Å². The minimum absolute atomic E-state index is 0.313. The molecule has 35 heavy (non-hydrogen) atoms. The molecule has 0 amide bonds. The van der Waals surface area contributed by atoms with E-state index in [1.165, 1.54) is 37.7 Å². The molecule has 0 fully saturated rings. The summed E-state index contributed by atoms with van der Waals surface area (Å²) < 4.78 is 5.58. The molecule has 0 saturated heterocycles. The van der Waals surface area contributed by atoms with Crippen LogP contribution in [0.3, 0.4) is 0 Å². The second-order valence-electron chi connectivity index (χ2n) is 9.49. The highest BCUT2D eigenvalue weighted by atomic mass is 16.5. The van der Waals surface area contributed by atoms with Gasteiger partial charge >= 0.3 is 5.97 Å². The summed E-state index contributed by atoms with van der Waals surface area (Å²) in [6.07, 6.45) is 9.26. The normalized spacial score (nSPS) is 11.6. The number of esters is 1. The van der Waals surface area contributed by atoms with Gasteiger partial charge in [-0.05, 0) is 71.7 Å². The maximum atomic E-state index is 12.7. The van der Waals surface area contributed by atoms with Gasteiger partial charge in [0.1, 0.15) is 11.8 Å². The monoisotopic (exact) mass is 467 g/mol. The molecule has 3 nitrogen and oxygen atoms in total. The molecule has 0 spiro atoms. The van der Waals surface area contributed by atoms with Crippen LogP contribution in [0.2, 0.25) is 0 Å². The van der Waals surface area contributed by atoms with Gasteiger partial charge in [-0.2, -0.15) is 5.26 Å². The van der Waals surface area contributed by atoms with Gasteiger partial charge in [0.25, 0.3) is 0 Å². The van der Waals surface area contributed by atoms with Gasteiger partial charge < -0.3 is 4.74 Å². The summed E-state index contributed by atoms with van der Waals surface area (Å²) >= 11 is 0. The lowest BCUT2D eigenvalue weighted by atomic mass is 9.96. The number of nitriles is 1. The molecule has 0 saturated carbocycles. The predicted molar refractivity (Wildman–Crippen MR) is 144 cm³/mol. The third-order valence-corrected chi connectivity index (χ3v) is 6.63. The van der Waals surface area contributed by atoms with E-state index in [4.69, 9.17) is 4.74 Å². The summed E-state index contributed by atoms with van der Waals surface area (Å²) in [6.45, 7) is 6.70. The zero-order valence-corrected chi connectivity index (χ0v) is 21.3. The van der Waals surface area contributed by atoms with Gasteiger partial charge in [0, 0.05) is 0 Å². The van der Waals surface area contributed by atoms with Gasteiger partial charge in [0.15, 0.2) is 0 Å². The lowest BCUT2D eigenvalue weighted by Gasteiger charge is -2.10. The molecule has 3 aromatic rings. The van der Waals surface area contributed by atoms with Crippen LogP contribution in [0.4, 0.5) is 0 Å². The van der Waals surface area contributed by atoms with Crippen LogP contribution in [0, 0.1) is 17.2 Å². The van der Waals surface area contributed by atoms with E-state index < -0.39 is 5.97 Å². The fraction of sp³-hybridized carbons (Fsp3) is 0.375. The van der Waals surface area contributed by atoms with Gasteiger partial charge in [-0.25, -0.2) is 4.79 Å². The average Bonchev–Trinajstić information content (AvgIpc) is 2.89. The first-order valence-electron chi connectivity index (χ1n) is 13.0. The highest BCUT2D eigenvalue weighted by Gasteiger charge is 2.13. The first kappa shape index (κ1) is 26.2. The van der Waals surface area contributed by atoms with Crippen molar-refractivity contribution in [3.63, 3.8) is 0 Å². The number of carbonyl (C=O) groups is 1. The molecule has 0 radical (unpaired) electrons. The number of hydrogen-bond acceptors (Lipinski definition) is 3. The Morgan fingerprint density at radius 2 is 1.49 bits per heavy atom. The lowest BCUT2D eigenvalue weighted by Crippen LogP contribution is -2.09. The van der Waals surface area contributed by atoms with Crippen molar-refractivity contribution in [1.82, 2.24) is 0 Å². The predicted octanol–water partition coefficient (Wildman–Crippen LogP) is 8.55. The number of aryl methyl sites for hydroxylation is 1. The van der Waals surface area contributed by atoms with Crippen LogP contribution in [0.5, 0.6) is 5.75 Å². The van der Waals surface area contributed by atoms with E-state index in [2.05, 4.69) is 51.1 Å². The fourth-order valence-corrected chi connectivity index (χ4v) is 4.18. The molecule has 0 aromatic heterocycles. The summed E-state index contributed by atoms with van der Waals surface area (Å²) in [7, 11) is 0. The number of nitrogens with zero attached hydrogens (tertiary/aromatic N) is 1. The molecule has 0 heterocycles. The van der Waals surface area contributed by atoms with E-state index in [1.807, 2.05) is 24.3 Å². The zero-order chi connectivity index (χ0) is 25.0. The standard InChI is InChI=1S/C32H37NO2/c1-4-6-7-8-9-10-25-13-20-31(30(22-25)23-33)35-32(34)29-18-16-28(17-19-29)27-14-11-26(12-15-27)21-24(3)5-2/h11-20,22,24H,4-10,21H2,1-3H3. The van der Waals surface area contributed by atoms with Crippen molar-refractivity contribution in [3.8, 4) is 22.9 Å². The van der Waals surface area contributed by atoms with Gasteiger partial charge in [0.05, 0.1) is 11.1 Å². The SMILES string of the molecule is CCCCCCCc1ccc(OC(=O)c2ccc(-c3ccc(CC(C)CC)cc3)cc2)c(C#N)c1. The summed E-state index contributed by atoms with van der Waals surface area (Å²) in [5.41, 5.74) is 5.49. The van der Waals surface area contributed by atoms with Gasteiger partial charge in [-0.3, -0.25) is 0 Å². The van der Waals surface area contributed by atoms with Crippen molar-refractivity contribution >= 4 is 5.97 Å². The van der Waals surface area contributed by atoms with Crippen LogP contribution in [-0.4, -0.2) is 5.97 Å². The Kier molecular flexibility index (Phi) is 10.1. The van der Waals surface area contributed by atoms with Crippen molar-refractivity contribution in [3.05, 3.63) is 89.0 Å².